The van der Waals surface area contributed by atoms with Gasteiger partial charge in [0.2, 0.25) is 0 Å². The van der Waals surface area contributed by atoms with E-state index in [-0.39, 0.29) is 6.04 Å². The molecule has 3 rings (SSSR count). The first kappa shape index (κ1) is 20.8. The summed E-state index contributed by atoms with van der Waals surface area (Å²) in [5.74, 6) is 0.590. The lowest BCUT2D eigenvalue weighted by Crippen LogP contribution is -2.25. The highest BCUT2D eigenvalue weighted by Crippen LogP contribution is 2.53. The van der Waals surface area contributed by atoms with Crippen LogP contribution in [0.2, 0.25) is 0 Å². The van der Waals surface area contributed by atoms with Crippen LogP contribution in [0.15, 0.2) is 71.3 Å². The second-order valence-corrected chi connectivity index (χ2v) is 12.9. The Balaban J connectivity index is 2.08. The lowest BCUT2D eigenvalue weighted by molar-refractivity contribution is 0.380. The van der Waals surface area contributed by atoms with Crippen molar-refractivity contribution in [2.45, 2.75) is 33.2 Å². The number of hydrogen-bond acceptors (Lipinski definition) is 1. The summed E-state index contributed by atoms with van der Waals surface area (Å²) in [6.07, 6.45) is 13.4. The van der Waals surface area contributed by atoms with E-state index in [1.54, 1.807) is 10.5 Å². The fourth-order valence-electron chi connectivity index (χ4n) is 3.93. The second-order valence-electron chi connectivity index (χ2n) is 8.81. The highest BCUT2D eigenvalue weighted by atomic mass is 32.3. The van der Waals surface area contributed by atoms with E-state index in [0.717, 1.165) is 0 Å². The molecule has 0 fully saturated rings. The van der Waals surface area contributed by atoms with Crippen molar-refractivity contribution in [3.8, 4) is 11.1 Å². The third-order valence-corrected chi connectivity index (χ3v) is 7.55. The van der Waals surface area contributed by atoms with Gasteiger partial charge in [-0.2, -0.15) is 0 Å². The Bertz CT molecular complexity index is 886. The lowest BCUT2D eigenvalue weighted by atomic mass is 9.89. The van der Waals surface area contributed by atoms with Crippen molar-refractivity contribution >= 4 is 10.0 Å². The third kappa shape index (κ3) is 4.22. The second kappa shape index (κ2) is 8.21. The van der Waals surface area contributed by atoms with Gasteiger partial charge in [0.25, 0.3) is 0 Å². The number of nitrogens with zero attached hydrogens (tertiary/aromatic N) is 1. The van der Waals surface area contributed by atoms with Crippen LogP contribution in [-0.4, -0.2) is 30.7 Å². The molecule has 2 atom stereocenters. The van der Waals surface area contributed by atoms with Gasteiger partial charge in [0, 0.05) is 18.2 Å². The Morgan fingerprint density at radius 1 is 1.00 bits per heavy atom. The first-order chi connectivity index (χ1) is 13.2. The van der Waals surface area contributed by atoms with Crippen molar-refractivity contribution in [2.75, 3.05) is 25.8 Å². The molecule has 0 bridgehead atoms. The van der Waals surface area contributed by atoms with Crippen molar-refractivity contribution in [1.29, 1.82) is 0 Å². The average Bonchev–Trinajstić information content (AvgIpc) is 2.68. The summed E-state index contributed by atoms with van der Waals surface area (Å²) in [5, 5.41) is 0. The summed E-state index contributed by atoms with van der Waals surface area (Å²) < 4.78 is 0. The van der Waals surface area contributed by atoms with Gasteiger partial charge in [-0.05, 0) is 71.9 Å². The minimum absolute atomic E-state index is 0.290. The monoisotopic (exact) mass is 393 g/mol. The minimum atomic E-state index is -0.779. The molecule has 1 nitrogen and oxygen atoms in total. The Morgan fingerprint density at radius 3 is 2.29 bits per heavy atom. The van der Waals surface area contributed by atoms with E-state index in [2.05, 4.69) is 112 Å². The third-order valence-electron chi connectivity index (χ3n) is 5.89. The molecule has 2 heteroatoms. The summed E-state index contributed by atoms with van der Waals surface area (Å²) in [6.45, 7) is 6.92. The summed E-state index contributed by atoms with van der Waals surface area (Å²) in [4.78, 5) is 3.97. The van der Waals surface area contributed by atoms with Gasteiger partial charge in [0.1, 0.15) is 0 Å². The smallest absolute Gasteiger partial charge is 0.0727 e. The van der Waals surface area contributed by atoms with Gasteiger partial charge >= 0.3 is 0 Å². The summed E-state index contributed by atoms with van der Waals surface area (Å²) in [6, 6.07) is 17.9. The molecular weight excluding hydrogens is 358 g/mol. The van der Waals surface area contributed by atoms with Gasteiger partial charge in [-0.15, -0.1) is 0 Å². The zero-order valence-electron chi connectivity index (χ0n) is 18.5. The van der Waals surface area contributed by atoms with Gasteiger partial charge in [0.05, 0.1) is 6.04 Å². The quantitative estimate of drug-likeness (QED) is 0.521. The van der Waals surface area contributed by atoms with Gasteiger partial charge in [0.15, 0.2) is 0 Å². The summed E-state index contributed by atoms with van der Waals surface area (Å²) in [7, 11) is 1.45. The van der Waals surface area contributed by atoms with Crippen molar-refractivity contribution in [2.24, 2.45) is 5.92 Å². The van der Waals surface area contributed by atoms with Crippen molar-refractivity contribution in [1.82, 2.24) is 4.90 Å². The zero-order chi connectivity index (χ0) is 20.5. The van der Waals surface area contributed by atoms with Crippen LogP contribution >= 0.6 is 10.0 Å². The fraction of sp³-hybridized carbons (Fsp3) is 0.385. The Morgan fingerprint density at radius 2 is 1.68 bits per heavy atom. The molecule has 0 aromatic heterocycles. The predicted octanol–water partition coefficient (Wildman–Crippen LogP) is 7.16. The predicted molar refractivity (Wildman–Crippen MR) is 128 cm³/mol. The largest absolute Gasteiger partial charge is 0.369 e. The molecule has 0 saturated heterocycles. The number of aryl methyl sites for hydroxylation is 1. The average molecular weight is 394 g/mol. The molecule has 1 aliphatic heterocycles. The van der Waals surface area contributed by atoms with Crippen LogP contribution in [0.5, 0.6) is 0 Å². The van der Waals surface area contributed by atoms with Crippen LogP contribution in [0.1, 0.15) is 37.4 Å². The fourth-order valence-corrected chi connectivity index (χ4v) is 5.39. The highest BCUT2D eigenvalue weighted by Gasteiger charge is 2.28. The Labute approximate surface area is 173 Å². The molecule has 0 aliphatic carbocycles. The van der Waals surface area contributed by atoms with Crippen LogP contribution in [0.25, 0.3) is 11.1 Å². The van der Waals surface area contributed by atoms with E-state index >= 15 is 0 Å². The molecule has 0 radical (unpaired) electrons. The lowest BCUT2D eigenvalue weighted by Gasteiger charge is -2.40. The minimum Gasteiger partial charge on any atom is -0.369 e. The van der Waals surface area contributed by atoms with Gasteiger partial charge in [-0.25, -0.2) is 10.0 Å². The molecule has 1 aliphatic rings. The topological polar surface area (TPSA) is 3.24 Å². The molecule has 1 heterocycles. The number of hydrogen-bond donors (Lipinski definition) is 0. The molecule has 2 aromatic carbocycles. The van der Waals surface area contributed by atoms with E-state index in [1.807, 2.05) is 0 Å². The van der Waals surface area contributed by atoms with Crippen LogP contribution in [0, 0.1) is 12.8 Å². The molecule has 0 amide bonds. The number of benzene rings is 2. The molecule has 0 N–H and O–H groups in total. The summed E-state index contributed by atoms with van der Waals surface area (Å²) in [5.41, 5.74) is 6.89. The summed E-state index contributed by atoms with van der Waals surface area (Å²) >= 11 is 0. The van der Waals surface area contributed by atoms with E-state index < -0.39 is 10.0 Å². The molecule has 150 valence electrons. The van der Waals surface area contributed by atoms with E-state index in [9.17, 15) is 0 Å². The van der Waals surface area contributed by atoms with E-state index in [4.69, 9.17) is 0 Å². The Kier molecular flexibility index (Phi) is 6.09. The number of rotatable bonds is 5. The first-order valence-electron chi connectivity index (χ1n) is 10.2. The Hall–Kier alpha value is -1.93. The highest BCUT2D eigenvalue weighted by molar-refractivity contribution is 8.35. The van der Waals surface area contributed by atoms with Gasteiger partial charge < -0.3 is 4.90 Å². The van der Waals surface area contributed by atoms with Crippen LogP contribution < -0.4 is 0 Å². The number of likely N-dealkylation sites (N-methyl/N-ethyl adjacent to an activating group) is 1. The standard InChI is InChI=1S/C26H35NS/c1-8-19(2)24-17-25(27(4)18-26(24)28(5,6)7)23-16-22(15-14-20(23)3)21-12-10-9-11-13-21/h9-19,25H,8H2,1-7H3. The molecule has 28 heavy (non-hydrogen) atoms. The van der Waals surface area contributed by atoms with Crippen LogP contribution in [0.4, 0.5) is 0 Å². The van der Waals surface area contributed by atoms with Crippen molar-refractivity contribution in [3.63, 3.8) is 0 Å². The SMILES string of the molecule is CCC(C)C1=CC(c2cc(-c3ccccc3)ccc2C)N(C)C=C1S(C)(C)C. The van der Waals surface area contributed by atoms with Gasteiger partial charge in [-0.3, -0.25) is 0 Å². The molecule has 0 spiro atoms. The van der Waals surface area contributed by atoms with Crippen LogP contribution in [0.3, 0.4) is 0 Å². The maximum atomic E-state index is 2.54. The van der Waals surface area contributed by atoms with Crippen molar-refractivity contribution < 1.29 is 0 Å². The van der Waals surface area contributed by atoms with Crippen LogP contribution in [-0.2, 0) is 0 Å². The first-order valence-corrected chi connectivity index (χ1v) is 13.1. The molecule has 0 saturated carbocycles. The zero-order valence-corrected chi connectivity index (χ0v) is 19.3. The van der Waals surface area contributed by atoms with E-state index in [1.165, 1.54) is 28.7 Å². The maximum Gasteiger partial charge on any atom is 0.0727 e. The normalized spacial score (nSPS) is 19.1. The molecule has 2 unspecified atom stereocenters. The van der Waals surface area contributed by atoms with E-state index in [0.29, 0.717) is 5.92 Å². The maximum absolute atomic E-state index is 2.54. The number of allylic oxidation sites excluding steroid dienone is 1. The molecular formula is C26H35NS. The molecule has 2 aromatic rings. The van der Waals surface area contributed by atoms with Crippen molar-refractivity contribution in [3.05, 3.63) is 82.4 Å². The van der Waals surface area contributed by atoms with Gasteiger partial charge in [-0.1, -0.05) is 62.4 Å².